The smallest absolute Gasteiger partial charge is 0.223 e. The maximum absolute atomic E-state index is 12.5. The van der Waals surface area contributed by atoms with E-state index in [4.69, 9.17) is 5.26 Å². The summed E-state index contributed by atoms with van der Waals surface area (Å²) in [6, 6.07) is 13.7. The molecule has 1 saturated heterocycles. The first kappa shape index (κ1) is 17.4. The molecule has 0 unspecified atom stereocenters. The summed E-state index contributed by atoms with van der Waals surface area (Å²) in [7, 11) is 0. The maximum atomic E-state index is 12.5. The molecule has 1 aromatic carbocycles. The third kappa shape index (κ3) is 3.91. The molecule has 7 heteroatoms. The Hall–Kier alpha value is -2.98. The number of hydrogen-bond donors (Lipinski definition) is 1. The van der Waals surface area contributed by atoms with Gasteiger partial charge in [0.25, 0.3) is 0 Å². The van der Waals surface area contributed by atoms with Gasteiger partial charge >= 0.3 is 0 Å². The lowest BCUT2D eigenvalue weighted by Crippen LogP contribution is -2.40. The Balaban J connectivity index is 1.29. The van der Waals surface area contributed by atoms with Crippen LogP contribution in [-0.4, -0.2) is 29.0 Å². The largest absolute Gasteiger partial charge is 0.357 e. The minimum atomic E-state index is 0.0222. The van der Waals surface area contributed by atoms with Gasteiger partial charge in [-0.1, -0.05) is 12.1 Å². The topological polar surface area (TPSA) is 81.9 Å². The van der Waals surface area contributed by atoms with Gasteiger partial charge in [-0.05, 0) is 37.1 Å². The van der Waals surface area contributed by atoms with E-state index in [1.165, 1.54) is 0 Å². The molecule has 0 radical (unpaired) electrons. The van der Waals surface area contributed by atoms with Gasteiger partial charge in [-0.3, -0.25) is 4.79 Å². The Morgan fingerprint density at radius 1 is 1.26 bits per heavy atom. The normalized spacial score (nSPS) is 14.9. The second-order valence-electron chi connectivity index (χ2n) is 6.57. The number of fused-ring (bicyclic) bond motifs is 1. The predicted octanol–water partition coefficient (Wildman–Crippen LogP) is 3.10. The summed E-state index contributed by atoms with van der Waals surface area (Å²) in [4.78, 5) is 23.6. The highest BCUT2D eigenvalue weighted by Crippen LogP contribution is 2.23. The van der Waals surface area contributed by atoms with Crippen LogP contribution in [0, 0.1) is 17.2 Å². The third-order valence-corrected chi connectivity index (χ3v) is 5.86. The highest BCUT2D eigenvalue weighted by atomic mass is 32.1. The molecule has 0 bridgehead atoms. The molecule has 3 aromatic rings. The quantitative estimate of drug-likeness (QED) is 0.755. The number of pyridine rings is 1. The molecule has 1 aliphatic heterocycles. The number of benzene rings is 1. The van der Waals surface area contributed by atoms with E-state index in [0.717, 1.165) is 47.0 Å². The van der Waals surface area contributed by atoms with Crippen molar-refractivity contribution in [3.8, 4) is 6.07 Å². The molecule has 4 rings (SSSR count). The number of amides is 1. The molecule has 3 heterocycles. The van der Waals surface area contributed by atoms with E-state index in [1.807, 2.05) is 30.3 Å². The molecule has 0 atom stereocenters. The number of rotatable bonds is 4. The summed E-state index contributed by atoms with van der Waals surface area (Å²) < 4.78 is 1.14. The van der Waals surface area contributed by atoms with Crippen LogP contribution in [0.2, 0.25) is 0 Å². The number of carbonyl (C=O) groups is 1. The van der Waals surface area contributed by atoms with Crippen LogP contribution < -0.4 is 10.2 Å². The minimum absolute atomic E-state index is 0.0222. The Morgan fingerprint density at radius 3 is 2.78 bits per heavy atom. The highest BCUT2D eigenvalue weighted by molar-refractivity contribution is 7.18. The van der Waals surface area contributed by atoms with Gasteiger partial charge < -0.3 is 10.2 Å². The van der Waals surface area contributed by atoms with Crippen LogP contribution in [0.5, 0.6) is 0 Å². The summed E-state index contributed by atoms with van der Waals surface area (Å²) in [5.74, 6) is 0.984. The van der Waals surface area contributed by atoms with E-state index >= 15 is 0 Å². The second-order valence-corrected chi connectivity index (χ2v) is 7.69. The number of piperidine rings is 1. The number of aromatic nitrogens is 2. The van der Waals surface area contributed by atoms with E-state index < -0.39 is 0 Å². The number of hydrogen-bond acceptors (Lipinski definition) is 6. The first-order valence-corrected chi connectivity index (χ1v) is 9.78. The molecule has 1 fully saturated rings. The van der Waals surface area contributed by atoms with Gasteiger partial charge in [0, 0.05) is 25.2 Å². The van der Waals surface area contributed by atoms with Crippen LogP contribution in [-0.2, 0) is 11.3 Å². The molecular formula is C20H19N5OS. The van der Waals surface area contributed by atoms with E-state index in [0.29, 0.717) is 12.1 Å². The lowest BCUT2D eigenvalue weighted by atomic mass is 9.96. The number of thiazole rings is 1. The molecule has 1 aliphatic rings. The van der Waals surface area contributed by atoms with Crippen molar-refractivity contribution in [3.63, 3.8) is 0 Å². The SMILES string of the molecule is N#Cc1ccc(N2CCC(C(=O)NCc3nc4ccccc4s3)CC2)nc1. The molecule has 0 saturated carbocycles. The van der Waals surface area contributed by atoms with Gasteiger partial charge in [-0.15, -0.1) is 11.3 Å². The van der Waals surface area contributed by atoms with Gasteiger partial charge in [0.2, 0.25) is 5.91 Å². The lowest BCUT2D eigenvalue weighted by molar-refractivity contribution is -0.125. The average molecular weight is 377 g/mol. The fourth-order valence-corrected chi connectivity index (χ4v) is 4.22. The fraction of sp³-hybridized carbons (Fsp3) is 0.300. The summed E-state index contributed by atoms with van der Waals surface area (Å²) >= 11 is 1.62. The van der Waals surface area contributed by atoms with Crippen LogP contribution in [0.3, 0.4) is 0 Å². The standard InChI is InChI=1S/C20H19N5OS/c21-11-14-5-6-18(22-12-14)25-9-7-15(8-10-25)20(26)23-13-19-24-16-3-1-2-4-17(16)27-19/h1-6,12,15H,7-10,13H2,(H,23,26). The Morgan fingerprint density at radius 2 is 2.07 bits per heavy atom. The van der Waals surface area contributed by atoms with Crippen LogP contribution in [0.15, 0.2) is 42.6 Å². The zero-order valence-electron chi connectivity index (χ0n) is 14.8. The van der Waals surface area contributed by atoms with Crippen molar-refractivity contribution in [2.45, 2.75) is 19.4 Å². The van der Waals surface area contributed by atoms with Crippen molar-refractivity contribution in [2.75, 3.05) is 18.0 Å². The number of para-hydroxylation sites is 1. The van der Waals surface area contributed by atoms with Gasteiger partial charge in [0.1, 0.15) is 16.9 Å². The second kappa shape index (κ2) is 7.72. The molecular weight excluding hydrogens is 358 g/mol. The zero-order chi connectivity index (χ0) is 18.6. The van der Waals surface area contributed by atoms with Crippen molar-refractivity contribution in [2.24, 2.45) is 5.92 Å². The van der Waals surface area contributed by atoms with Crippen molar-refractivity contribution >= 4 is 33.3 Å². The Labute approximate surface area is 161 Å². The summed E-state index contributed by atoms with van der Waals surface area (Å²) in [5, 5.41) is 12.8. The van der Waals surface area contributed by atoms with E-state index in [1.54, 1.807) is 23.6 Å². The van der Waals surface area contributed by atoms with Crippen molar-refractivity contribution < 1.29 is 4.79 Å². The number of nitriles is 1. The van der Waals surface area contributed by atoms with E-state index in [2.05, 4.69) is 26.3 Å². The number of anilines is 1. The molecule has 136 valence electrons. The molecule has 0 aliphatic carbocycles. The fourth-order valence-electron chi connectivity index (χ4n) is 3.31. The van der Waals surface area contributed by atoms with Crippen LogP contribution >= 0.6 is 11.3 Å². The average Bonchev–Trinajstić information content (AvgIpc) is 3.15. The predicted molar refractivity (Wildman–Crippen MR) is 105 cm³/mol. The molecule has 27 heavy (non-hydrogen) atoms. The van der Waals surface area contributed by atoms with Crippen LogP contribution in [0.1, 0.15) is 23.4 Å². The van der Waals surface area contributed by atoms with Crippen molar-refractivity contribution in [1.29, 1.82) is 5.26 Å². The lowest BCUT2D eigenvalue weighted by Gasteiger charge is -2.32. The minimum Gasteiger partial charge on any atom is -0.357 e. The van der Waals surface area contributed by atoms with Crippen molar-refractivity contribution in [1.82, 2.24) is 15.3 Å². The first-order chi connectivity index (χ1) is 13.2. The van der Waals surface area contributed by atoms with Gasteiger partial charge in [0.15, 0.2) is 0 Å². The highest BCUT2D eigenvalue weighted by Gasteiger charge is 2.25. The maximum Gasteiger partial charge on any atom is 0.223 e. The Kier molecular flexibility index (Phi) is 4.99. The van der Waals surface area contributed by atoms with Crippen LogP contribution in [0.4, 0.5) is 5.82 Å². The van der Waals surface area contributed by atoms with Crippen molar-refractivity contribution in [3.05, 3.63) is 53.2 Å². The van der Waals surface area contributed by atoms with Crippen LogP contribution in [0.25, 0.3) is 10.2 Å². The monoisotopic (exact) mass is 377 g/mol. The molecule has 0 spiro atoms. The molecule has 1 amide bonds. The van der Waals surface area contributed by atoms with Gasteiger partial charge in [0.05, 0.1) is 22.3 Å². The number of carbonyl (C=O) groups excluding carboxylic acids is 1. The number of nitrogens with one attached hydrogen (secondary N) is 1. The van der Waals surface area contributed by atoms with Gasteiger partial charge in [-0.2, -0.15) is 5.26 Å². The van der Waals surface area contributed by atoms with E-state index in [-0.39, 0.29) is 11.8 Å². The molecule has 2 aromatic heterocycles. The molecule has 1 N–H and O–H groups in total. The summed E-state index contributed by atoms with van der Waals surface area (Å²) in [6.07, 6.45) is 3.19. The Bertz CT molecular complexity index is 951. The summed E-state index contributed by atoms with van der Waals surface area (Å²) in [5.41, 5.74) is 1.54. The summed E-state index contributed by atoms with van der Waals surface area (Å²) in [6.45, 7) is 2.06. The zero-order valence-corrected chi connectivity index (χ0v) is 15.6. The first-order valence-electron chi connectivity index (χ1n) is 8.96. The molecule has 6 nitrogen and oxygen atoms in total. The van der Waals surface area contributed by atoms with E-state index in [9.17, 15) is 4.79 Å². The van der Waals surface area contributed by atoms with Gasteiger partial charge in [-0.25, -0.2) is 9.97 Å². The third-order valence-electron chi connectivity index (χ3n) is 4.82. The number of nitrogens with zero attached hydrogens (tertiary/aromatic N) is 4.